The standard InChI is InChI=1S/C32H34N6O2/c1-38-20-25-10-6-12-28(16-25)37-31-18-30(34-22-35-31)36-27-11-5-9-24(15-27)19-33-32(40)26(17-29(39)21-38)14-13-23-7-3-2-4-8-23/h2-12,15-16,18,22,26H,13-14,17,19-21H2,1H3,(H,33,40)(H2,34,35,36,37). The Morgan fingerprint density at radius 3 is 2.20 bits per heavy atom. The summed E-state index contributed by atoms with van der Waals surface area (Å²) in [6, 6.07) is 27.8. The van der Waals surface area contributed by atoms with Gasteiger partial charge in [-0.1, -0.05) is 54.6 Å². The van der Waals surface area contributed by atoms with Gasteiger partial charge in [0.1, 0.15) is 23.7 Å². The van der Waals surface area contributed by atoms with Crippen LogP contribution in [0.5, 0.6) is 0 Å². The SMILES string of the molecule is CN1CC(=O)CC(CCc2ccccc2)C(=O)NCc2cccc(c2)Nc2cc(ncn2)Nc2cccc(c2)C1. The summed E-state index contributed by atoms with van der Waals surface area (Å²) >= 11 is 0. The van der Waals surface area contributed by atoms with E-state index in [0.29, 0.717) is 31.1 Å². The zero-order valence-electron chi connectivity index (χ0n) is 22.6. The second-order valence-corrected chi connectivity index (χ2v) is 10.3. The number of hydrogen-bond acceptors (Lipinski definition) is 7. The third kappa shape index (κ3) is 7.74. The van der Waals surface area contributed by atoms with Gasteiger partial charge in [0, 0.05) is 42.9 Å². The highest BCUT2D eigenvalue weighted by Gasteiger charge is 2.22. The van der Waals surface area contributed by atoms with E-state index in [1.807, 2.05) is 84.7 Å². The van der Waals surface area contributed by atoms with Crippen LogP contribution >= 0.6 is 0 Å². The van der Waals surface area contributed by atoms with Crippen LogP contribution in [0.4, 0.5) is 23.0 Å². The van der Waals surface area contributed by atoms with Gasteiger partial charge in [0.15, 0.2) is 0 Å². The average Bonchev–Trinajstić information content (AvgIpc) is 2.94. The maximum atomic E-state index is 13.4. The van der Waals surface area contributed by atoms with Crippen molar-refractivity contribution in [2.75, 3.05) is 24.2 Å². The van der Waals surface area contributed by atoms with Crippen molar-refractivity contribution in [2.45, 2.75) is 32.4 Å². The van der Waals surface area contributed by atoms with Crippen molar-refractivity contribution >= 4 is 34.7 Å². The third-order valence-electron chi connectivity index (χ3n) is 6.90. The molecule has 204 valence electrons. The molecule has 6 bridgehead atoms. The van der Waals surface area contributed by atoms with Gasteiger partial charge in [0.25, 0.3) is 0 Å². The summed E-state index contributed by atoms with van der Waals surface area (Å²) in [5, 5.41) is 9.75. The molecule has 1 aliphatic heterocycles. The van der Waals surface area contributed by atoms with Crippen LogP contribution in [0.1, 0.15) is 29.5 Å². The Morgan fingerprint density at radius 2 is 1.48 bits per heavy atom. The predicted octanol–water partition coefficient (Wildman–Crippen LogP) is 5.23. The van der Waals surface area contributed by atoms with Crippen LogP contribution in [0.3, 0.4) is 0 Å². The monoisotopic (exact) mass is 534 g/mol. The molecule has 1 unspecified atom stereocenters. The molecule has 8 nitrogen and oxygen atoms in total. The van der Waals surface area contributed by atoms with E-state index in [1.165, 1.54) is 6.33 Å². The van der Waals surface area contributed by atoms with Crippen molar-refractivity contribution in [1.82, 2.24) is 20.2 Å². The summed E-state index contributed by atoms with van der Waals surface area (Å²) in [6.45, 7) is 1.25. The Balaban J connectivity index is 1.39. The van der Waals surface area contributed by atoms with Gasteiger partial charge >= 0.3 is 0 Å². The third-order valence-corrected chi connectivity index (χ3v) is 6.90. The molecule has 1 aliphatic rings. The van der Waals surface area contributed by atoms with Crippen LogP contribution in [0, 0.1) is 5.92 Å². The van der Waals surface area contributed by atoms with Crippen LogP contribution in [0.15, 0.2) is 91.3 Å². The normalized spacial score (nSPS) is 16.8. The Kier molecular flexibility index (Phi) is 8.78. The number of nitrogens with one attached hydrogen (secondary N) is 3. The number of fused-ring (bicyclic) bond motifs is 6. The first-order valence-electron chi connectivity index (χ1n) is 13.6. The van der Waals surface area contributed by atoms with E-state index < -0.39 is 5.92 Å². The number of benzene rings is 3. The molecule has 40 heavy (non-hydrogen) atoms. The summed E-state index contributed by atoms with van der Waals surface area (Å²) in [6.07, 6.45) is 3.07. The lowest BCUT2D eigenvalue weighted by Crippen LogP contribution is -2.34. The van der Waals surface area contributed by atoms with Gasteiger partial charge < -0.3 is 16.0 Å². The van der Waals surface area contributed by atoms with Crippen LogP contribution in [0.25, 0.3) is 0 Å². The number of hydrogen-bond donors (Lipinski definition) is 3. The molecule has 0 spiro atoms. The van der Waals surface area contributed by atoms with Gasteiger partial charge in [-0.3, -0.25) is 14.5 Å². The van der Waals surface area contributed by atoms with Crippen molar-refractivity contribution in [3.05, 3.63) is 108 Å². The summed E-state index contributed by atoms with van der Waals surface area (Å²) < 4.78 is 0. The zero-order chi connectivity index (χ0) is 27.7. The summed E-state index contributed by atoms with van der Waals surface area (Å²) in [4.78, 5) is 37.2. The smallest absolute Gasteiger partial charge is 0.223 e. The van der Waals surface area contributed by atoms with Crippen LogP contribution < -0.4 is 16.0 Å². The average molecular weight is 535 g/mol. The summed E-state index contributed by atoms with van der Waals surface area (Å²) in [5.74, 6) is 0.874. The number of aromatic nitrogens is 2. The van der Waals surface area contributed by atoms with Crippen molar-refractivity contribution < 1.29 is 9.59 Å². The fraction of sp³-hybridized carbons (Fsp3) is 0.250. The molecule has 8 heteroatoms. The highest BCUT2D eigenvalue weighted by molar-refractivity contribution is 5.87. The summed E-state index contributed by atoms with van der Waals surface area (Å²) in [5.41, 5.74) is 4.93. The van der Waals surface area contributed by atoms with Crippen LogP contribution in [0.2, 0.25) is 0 Å². The van der Waals surface area contributed by atoms with Gasteiger partial charge in [-0.2, -0.15) is 0 Å². The number of nitrogens with zero attached hydrogens (tertiary/aromatic N) is 3. The van der Waals surface area contributed by atoms with E-state index >= 15 is 0 Å². The fourth-order valence-electron chi connectivity index (χ4n) is 4.95. The minimum absolute atomic E-state index is 0.0547. The Labute approximate surface area is 234 Å². The molecule has 0 saturated heterocycles. The first-order valence-corrected chi connectivity index (χ1v) is 13.6. The molecular weight excluding hydrogens is 500 g/mol. The lowest BCUT2D eigenvalue weighted by atomic mass is 9.93. The molecular formula is C32H34N6O2. The van der Waals surface area contributed by atoms with E-state index in [0.717, 1.165) is 34.5 Å². The molecule has 3 N–H and O–H groups in total. The van der Waals surface area contributed by atoms with Gasteiger partial charge in [-0.15, -0.1) is 0 Å². The number of likely N-dealkylation sites (N-methyl/N-ethyl adjacent to an activating group) is 1. The molecule has 2 heterocycles. The van der Waals surface area contributed by atoms with E-state index in [1.54, 1.807) is 0 Å². The van der Waals surface area contributed by atoms with E-state index in [-0.39, 0.29) is 24.7 Å². The number of rotatable bonds is 3. The predicted molar refractivity (Wildman–Crippen MR) is 158 cm³/mol. The summed E-state index contributed by atoms with van der Waals surface area (Å²) in [7, 11) is 1.93. The molecule has 0 fully saturated rings. The number of carbonyl (C=O) groups is 2. The second-order valence-electron chi connectivity index (χ2n) is 10.3. The van der Waals surface area contributed by atoms with Crippen molar-refractivity contribution in [2.24, 2.45) is 5.92 Å². The largest absolute Gasteiger partial charge is 0.352 e. The minimum Gasteiger partial charge on any atom is -0.352 e. The van der Waals surface area contributed by atoms with Crippen molar-refractivity contribution in [3.8, 4) is 0 Å². The van der Waals surface area contributed by atoms with Gasteiger partial charge in [-0.25, -0.2) is 9.97 Å². The van der Waals surface area contributed by atoms with Crippen molar-refractivity contribution in [3.63, 3.8) is 0 Å². The molecule has 5 rings (SSSR count). The van der Waals surface area contributed by atoms with E-state index in [4.69, 9.17) is 0 Å². The second kappa shape index (κ2) is 13.0. The fourth-order valence-corrected chi connectivity index (χ4v) is 4.95. The molecule has 1 aromatic heterocycles. The molecule has 1 atom stereocenters. The minimum atomic E-state index is -0.403. The number of Topliss-reactive ketones (excluding diaryl/α,β-unsaturated/α-hetero) is 1. The lowest BCUT2D eigenvalue weighted by Gasteiger charge is -2.20. The topological polar surface area (TPSA) is 99.3 Å². The molecule has 4 aromatic rings. The first kappa shape index (κ1) is 27.0. The number of ketones is 1. The number of carbonyl (C=O) groups excluding carboxylic acids is 2. The molecule has 0 aliphatic carbocycles. The maximum Gasteiger partial charge on any atom is 0.223 e. The highest BCUT2D eigenvalue weighted by atomic mass is 16.2. The maximum absolute atomic E-state index is 13.4. The Hall–Kier alpha value is -4.56. The lowest BCUT2D eigenvalue weighted by molar-refractivity contribution is -0.130. The Morgan fingerprint density at radius 1 is 0.800 bits per heavy atom. The van der Waals surface area contributed by atoms with Gasteiger partial charge in [0.2, 0.25) is 5.91 Å². The highest BCUT2D eigenvalue weighted by Crippen LogP contribution is 2.22. The Bertz CT molecular complexity index is 1460. The number of anilines is 4. The van der Waals surface area contributed by atoms with Gasteiger partial charge in [0.05, 0.1) is 6.54 Å². The van der Waals surface area contributed by atoms with Crippen LogP contribution in [-0.2, 0) is 29.1 Å². The first-order chi connectivity index (χ1) is 19.5. The number of aryl methyl sites for hydroxylation is 1. The zero-order valence-corrected chi connectivity index (χ0v) is 22.6. The van der Waals surface area contributed by atoms with Gasteiger partial charge in [-0.05, 0) is 60.8 Å². The molecule has 0 radical (unpaired) electrons. The van der Waals surface area contributed by atoms with E-state index in [9.17, 15) is 9.59 Å². The quantitative estimate of drug-likeness (QED) is 0.331. The molecule has 0 saturated carbocycles. The molecule has 1 amide bonds. The van der Waals surface area contributed by atoms with Crippen molar-refractivity contribution in [1.29, 1.82) is 0 Å². The number of amides is 1. The van der Waals surface area contributed by atoms with Crippen LogP contribution in [-0.4, -0.2) is 40.2 Å². The molecule has 3 aromatic carbocycles. The van der Waals surface area contributed by atoms with E-state index in [2.05, 4.69) is 38.1 Å².